The Hall–Kier alpha value is -1.62. The molecule has 0 aromatic carbocycles. The van der Waals surface area contributed by atoms with Crippen molar-refractivity contribution in [1.82, 2.24) is 10.3 Å². The first-order chi connectivity index (χ1) is 9.56. The fourth-order valence-corrected chi connectivity index (χ4v) is 2.04. The lowest BCUT2D eigenvalue weighted by Crippen LogP contribution is -2.52. The molecule has 1 amide bonds. The van der Waals surface area contributed by atoms with Crippen LogP contribution in [0.5, 0.6) is 5.75 Å². The van der Waals surface area contributed by atoms with Gasteiger partial charge in [-0.2, -0.15) is 0 Å². The van der Waals surface area contributed by atoms with Gasteiger partial charge in [0, 0.05) is 18.2 Å². The second kappa shape index (κ2) is 6.70. The molecule has 0 radical (unpaired) electrons. The normalized spacial score (nSPS) is 22.6. The first kappa shape index (κ1) is 14.8. The minimum Gasteiger partial charge on any atom is -0.484 e. The molecule has 1 aliphatic rings. The minimum atomic E-state index is -0.170. The Morgan fingerprint density at radius 3 is 2.95 bits per heavy atom. The average Bonchev–Trinajstić information content (AvgIpc) is 2.43. The SMILES string of the molecule is Cc1ccc(OC2COCCC2NC(=O)C(C)C)cn1. The summed E-state index contributed by atoms with van der Waals surface area (Å²) in [6.07, 6.45) is 2.30. The predicted molar refractivity (Wildman–Crippen MR) is 75.6 cm³/mol. The van der Waals surface area contributed by atoms with E-state index in [0.29, 0.717) is 19.0 Å². The number of carbonyl (C=O) groups excluding carboxylic acids is 1. The van der Waals surface area contributed by atoms with Crippen LogP contribution in [0.15, 0.2) is 18.3 Å². The number of carbonyl (C=O) groups is 1. The van der Waals surface area contributed by atoms with E-state index in [1.165, 1.54) is 0 Å². The second-order valence-corrected chi connectivity index (χ2v) is 5.42. The molecular formula is C15H22N2O3. The molecule has 0 spiro atoms. The molecule has 2 rings (SSSR count). The van der Waals surface area contributed by atoms with Crippen molar-refractivity contribution in [3.8, 4) is 5.75 Å². The zero-order valence-electron chi connectivity index (χ0n) is 12.3. The van der Waals surface area contributed by atoms with Crippen LogP contribution >= 0.6 is 0 Å². The topological polar surface area (TPSA) is 60.5 Å². The van der Waals surface area contributed by atoms with Crippen molar-refractivity contribution in [1.29, 1.82) is 0 Å². The van der Waals surface area contributed by atoms with E-state index < -0.39 is 0 Å². The molecule has 0 aliphatic carbocycles. The summed E-state index contributed by atoms with van der Waals surface area (Å²) in [5.74, 6) is 0.724. The number of nitrogens with one attached hydrogen (secondary N) is 1. The Morgan fingerprint density at radius 2 is 2.30 bits per heavy atom. The Balaban J connectivity index is 1.99. The van der Waals surface area contributed by atoms with Gasteiger partial charge < -0.3 is 14.8 Å². The van der Waals surface area contributed by atoms with E-state index in [9.17, 15) is 4.79 Å². The van der Waals surface area contributed by atoms with E-state index in [4.69, 9.17) is 9.47 Å². The van der Waals surface area contributed by atoms with Crippen LogP contribution in [-0.2, 0) is 9.53 Å². The molecule has 2 unspecified atom stereocenters. The van der Waals surface area contributed by atoms with E-state index in [1.807, 2.05) is 32.9 Å². The summed E-state index contributed by atoms with van der Waals surface area (Å²) in [6, 6.07) is 3.78. The van der Waals surface area contributed by atoms with E-state index in [2.05, 4.69) is 10.3 Å². The van der Waals surface area contributed by atoms with Crippen molar-refractivity contribution < 1.29 is 14.3 Å². The molecule has 2 heterocycles. The number of rotatable bonds is 4. The largest absolute Gasteiger partial charge is 0.484 e. The molecule has 110 valence electrons. The van der Waals surface area contributed by atoms with Gasteiger partial charge in [0.25, 0.3) is 0 Å². The lowest BCUT2D eigenvalue weighted by Gasteiger charge is -2.32. The number of amides is 1. The highest BCUT2D eigenvalue weighted by Gasteiger charge is 2.29. The summed E-state index contributed by atoms with van der Waals surface area (Å²) in [7, 11) is 0. The zero-order valence-corrected chi connectivity index (χ0v) is 12.3. The van der Waals surface area contributed by atoms with E-state index in [0.717, 1.165) is 12.1 Å². The molecule has 1 N–H and O–H groups in total. The first-order valence-electron chi connectivity index (χ1n) is 7.03. The molecule has 1 aromatic heterocycles. The minimum absolute atomic E-state index is 0.0139. The van der Waals surface area contributed by atoms with Crippen LogP contribution in [0.1, 0.15) is 26.0 Å². The van der Waals surface area contributed by atoms with Crippen molar-refractivity contribution >= 4 is 5.91 Å². The molecule has 1 saturated heterocycles. The van der Waals surface area contributed by atoms with Crippen LogP contribution in [0.3, 0.4) is 0 Å². The lowest BCUT2D eigenvalue weighted by molar-refractivity contribution is -0.126. The monoisotopic (exact) mass is 278 g/mol. The molecule has 1 aromatic rings. The van der Waals surface area contributed by atoms with Gasteiger partial charge in [0.2, 0.25) is 5.91 Å². The number of hydrogen-bond acceptors (Lipinski definition) is 4. The van der Waals surface area contributed by atoms with E-state index in [1.54, 1.807) is 6.20 Å². The van der Waals surface area contributed by atoms with Crippen LogP contribution in [0.25, 0.3) is 0 Å². The average molecular weight is 278 g/mol. The third-order valence-corrected chi connectivity index (χ3v) is 3.33. The molecular weight excluding hydrogens is 256 g/mol. The van der Waals surface area contributed by atoms with E-state index >= 15 is 0 Å². The molecule has 0 saturated carbocycles. The van der Waals surface area contributed by atoms with Gasteiger partial charge in [0.05, 0.1) is 18.8 Å². The molecule has 0 bridgehead atoms. The van der Waals surface area contributed by atoms with E-state index in [-0.39, 0.29) is 24.0 Å². The highest BCUT2D eigenvalue weighted by Crippen LogP contribution is 2.17. The summed E-state index contributed by atoms with van der Waals surface area (Å²) in [6.45, 7) is 6.83. The Bertz CT molecular complexity index is 445. The van der Waals surface area contributed by atoms with Crippen molar-refractivity contribution in [2.45, 2.75) is 39.3 Å². The summed E-state index contributed by atoms with van der Waals surface area (Å²) in [5.41, 5.74) is 0.946. The van der Waals surface area contributed by atoms with Gasteiger partial charge in [-0.1, -0.05) is 13.8 Å². The number of hydrogen-bond donors (Lipinski definition) is 1. The summed E-state index contributed by atoms with van der Waals surface area (Å²) in [4.78, 5) is 16.0. The molecule has 5 heteroatoms. The van der Waals surface area contributed by atoms with Crippen LogP contribution in [0.2, 0.25) is 0 Å². The fraction of sp³-hybridized carbons (Fsp3) is 0.600. The van der Waals surface area contributed by atoms with Gasteiger partial charge in [-0.3, -0.25) is 9.78 Å². The van der Waals surface area contributed by atoms with Gasteiger partial charge in [-0.05, 0) is 25.5 Å². The number of pyridine rings is 1. The fourth-order valence-electron chi connectivity index (χ4n) is 2.04. The Labute approximate surface area is 119 Å². The standard InChI is InChI=1S/C15H22N2O3/c1-10(2)15(18)17-13-6-7-19-9-14(13)20-12-5-4-11(3)16-8-12/h4-5,8,10,13-14H,6-7,9H2,1-3H3,(H,17,18). The van der Waals surface area contributed by atoms with Crippen molar-refractivity contribution in [3.63, 3.8) is 0 Å². The number of aromatic nitrogens is 1. The maximum Gasteiger partial charge on any atom is 0.222 e. The number of nitrogens with zero attached hydrogens (tertiary/aromatic N) is 1. The Kier molecular flexibility index (Phi) is 4.95. The van der Waals surface area contributed by atoms with Gasteiger partial charge in [0.15, 0.2) is 0 Å². The van der Waals surface area contributed by atoms with Crippen LogP contribution in [-0.4, -0.2) is 36.3 Å². The van der Waals surface area contributed by atoms with Crippen LogP contribution in [0, 0.1) is 12.8 Å². The van der Waals surface area contributed by atoms with Gasteiger partial charge in [-0.15, -0.1) is 0 Å². The number of ether oxygens (including phenoxy) is 2. The van der Waals surface area contributed by atoms with Gasteiger partial charge >= 0.3 is 0 Å². The molecule has 2 atom stereocenters. The molecule has 20 heavy (non-hydrogen) atoms. The Morgan fingerprint density at radius 1 is 1.50 bits per heavy atom. The van der Waals surface area contributed by atoms with Gasteiger partial charge in [-0.25, -0.2) is 0 Å². The second-order valence-electron chi connectivity index (χ2n) is 5.42. The summed E-state index contributed by atoms with van der Waals surface area (Å²) in [5, 5.41) is 3.04. The van der Waals surface area contributed by atoms with Crippen molar-refractivity contribution in [2.24, 2.45) is 5.92 Å². The molecule has 5 nitrogen and oxygen atoms in total. The highest BCUT2D eigenvalue weighted by atomic mass is 16.5. The third kappa shape index (κ3) is 3.93. The van der Waals surface area contributed by atoms with Gasteiger partial charge in [0.1, 0.15) is 11.9 Å². The zero-order chi connectivity index (χ0) is 14.5. The van der Waals surface area contributed by atoms with Crippen LogP contribution < -0.4 is 10.1 Å². The number of aryl methyl sites for hydroxylation is 1. The first-order valence-corrected chi connectivity index (χ1v) is 7.03. The lowest BCUT2D eigenvalue weighted by atomic mass is 10.0. The third-order valence-electron chi connectivity index (χ3n) is 3.33. The summed E-state index contributed by atoms with van der Waals surface area (Å²) >= 11 is 0. The van der Waals surface area contributed by atoms with Crippen molar-refractivity contribution in [3.05, 3.63) is 24.0 Å². The highest BCUT2D eigenvalue weighted by molar-refractivity contribution is 5.78. The maximum absolute atomic E-state index is 11.8. The summed E-state index contributed by atoms with van der Waals surface area (Å²) < 4.78 is 11.4. The maximum atomic E-state index is 11.8. The quantitative estimate of drug-likeness (QED) is 0.910. The molecule has 1 fully saturated rings. The smallest absolute Gasteiger partial charge is 0.222 e. The molecule has 1 aliphatic heterocycles. The predicted octanol–water partition coefficient (Wildman–Crippen LogP) is 1.70. The van der Waals surface area contributed by atoms with Crippen molar-refractivity contribution in [2.75, 3.05) is 13.2 Å². The van der Waals surface area contributed by atoms with Crippen LogP contribution in [0.4, 0.5) is 0 Å².